The van der Waals surface area contributed by atoms with E-state index >= 15 is 0 Å². The molecule has 2 amide bonds. The van der Waals surface area contributed by atoms with E-state index in [4.69, 9.17) is 4.74 Å². The Balaban J connectivity index is 1.35. The van der Waals surface area contributed by atoms with E-state index in [1.807, 2.05) is 68.4 Å². The lowest BCUT2D eigenvalue weighted by molar-refractivity contribution is -0.129. The van der Waals surface area contributed by atoms with Crippen LogP contribution >= 0.6 is 11.3 Å². The Morgan fingerprint density at radius 2 is 2.00 bits per heavy atom. The smallest absolute Gasteiger partial charge is 0.230 e. The van der Waals surface area contributed by atoms with Crippen molar-refractivity contribution in [3.63, 3.8) is 0 Å². The van der Waals surface area contributed by atoms with Gasteiger partial charge >= 0.3 is 0 Å². The van der Waals surface area contributed by atoms with Gasteiger partial charge in [0.15, 0.2) is 0 Å². The average Bonchev–Trinajstić information content (AvgIpc) is 3.54. The molecule has 1 fully saturated rings. The third-order valence-corrected chi connectivity index (χ3v) is 7.12. The van der Waals surface area contributed by atoms with Gasteiger partial charge < -0.3 is 15.0 Å². The molecule has 34 heavy (non-hydrogen) atoms. The second-order valence-electron chi connectivity index (χ2n) is 8.44. The highest BCUT2D eigenvalue weighted by molar-refractivity contribution is 7.20. The molecule has 2 atom stereocenters. The Morgan fingerprint density at radius 3 is 2.76 bits per heavy atom. The van der Waals surface area contributed by atoms with E-state index < -0.39 is 5.92 Å². The van der Waals surface area contributed by atoms with Crippen LogP contribution in [0.5, 0.6) is 5.75 Å². The maximum absolute atomic E-state index is 13.1. The topological polar surface area (TPSA) is 89.3 Å². The number of anilines is 1. The lowest BCUT2D eigenvalue weighted by Crippen LogP contribution is -2.30. The summed E-state index contributed by atoms with van der Waals surface area (Å²) in [6.07, 6.45) is 0.192. The molecule has 0 spiro atoms. The van der Waals surface area contributed by atoms with Crippen LogP contribution in [0.2, 0.25) is 0 Å². The molecule has 0 saturated carbocycles. The summed E-state index contributed by atoms with van der Waals surface area (Å²) >= 11 is 1.46. The number of benzene rings is 2. The van der Waals surface area contributed by atoms with Gasteiger partial charge in [-0.15, -0.1) is 0 Å². The molecule has 3 heterocycles. The van der Waals surface area contributed by atoms with Crippen LogP contribution in [0.25, 0.3) is 15.3 Å². The largest absolute Gasteiger partial charge is 0.497 e. The van der Waals surface area contributed by atoms with Crippen molar-refractivity contribution in [3.8, 4) is 10.9 Å². The predicted molar refractivity (Wildman–Crippen MR) is 131 cm³/mol. The van der Waals surface area contributed by atoms with Crippen molar-refractivity contribution in [2.75, 3.05) is 19.0 Å². The zero-order valence-electron chi connectivity index (χ0n) is 19.2. The summed E-state index contributed by atoms with van der Waals surface area (Å²) in [6.45, 7) is 4.24. The zero-order chi connectivity index (χ0) is 23.8. The van der Waals surface area contributed by atoms with Gasteiger partial charge in [0.05, 0.1) is 35.0 Å². The number of nitrogens with zero attached hydrogens (tertiary/aromatic N) is 4. The van der Waals surface area contributed by atoms with E-state index in [0.29, 0.717) is 17.5 Å². The van der Waals surface area contributed by atoms with Gasteiger partial charge in [-0.1, -0.05) is 41.7 Å². The number of methoxy groups -OCH3 is 1. The van der Waals surface area contributed by atoms with E-state index in [2.05, 4.69) is 15.4 Å². The van der Waals surface area contributed by atoms with Gasteiger partial charge in [-0.2, -0.15) is 9.78 Å². The van der Waals surface area contributed by atoms with E-state index in [1.165, 1.54) is 11.3 Å². The van der Waals surface area contributed by atoms with Crippen LogP contribution in [-0.2, 0) is 9.59 Å². The lowest BCUT2D eigenvalue weighted by atomic mass is 10.1. The van der Waals surface area contributed by atoms with Gasteiger partial charge in [0.1, 0.15) is 11.6 Å². The quantitative estimate of drug-likeness (QED) is 0.448. The monoisotopic (exact) mass is 475 g/mol. The number of fused-ring (bicyclic) bond motifs is 1. The summed E-state index contributed by atoms with van der Waals surface area (Å²) in [5.41, 5.74) is 2.64. The number of hydrogen-bond donors (Lipinski definition) is 1. The number of amides is 2. The molecule has 0 aliphatic carbocycles. The van der Waals surface area contributed by atoms with Crippen LogP contribution in [0, 0.1) is 12.8 Å². The van der Waals surface area contributed by atoms with Crippen molar-refractivity contribution in [3.05, 3.63) is 65.9 Å². The second-order valence-corrected chi connectivity index (χ2v) is 9.45. The van der Waals surface area contributed by atoms with Crippen molar-refractivity contribution in [2.45, 2.75) is 26.3 Å². The van der Waals surface area contributed by atoms with Crippen LogP contribution in [0.1, 0.15) is 30.6 Å². The van der Waals surface area contributed by atoms with Gasteiger partial charge in [-0.3, -0.25) is 9.59 Å². The number of hydrogen-bond acceptors (Lipinski definition) is 6. The van der Waals surface area contributed by atoms with Crippen molar-refractivity contribution in [1.29, 1.82) is 0 Å². The molecule has 2 aromatic heterocycles. The zero-order valence-corrected chi connectivity index (χ0v) is 20.0. The first-order valence-corrected chi connectivity index (χ1v) is 11.9. The molecule has 0 bridgehead atoms. The van der Waals surface area contributed by atoms with E-state index in [-0.39, 0.29) is 24.3 Å². The molecule has 1 saturated heterocycles. The molecule has 2 aromatic carbocycles. The molecule has 1 aliphatic rings. The van der Waals surface area contributed by atoms with Crippen LogP contribution in [0.4, 0.5) is 5.82 Å². The molecule has 1 aliphatic heterocycles. The summed E-state index contributed by atoms with van der Waals surface area (Å²) in [7, 11) is 1.63. The Hall–Kier alpha value is -3.72. The van der Waals surface area contributed by atoms with Crippen molar-refractivity contribution >= 4 is 39.2 Å². The highest BCUT2D eigenvalue weighted by Gasteiger charge is 2.37. The highest BCUT2D eigenvalue weighted by atomic mass is 32.1. The fraction of sp³-hybridized carbons (Fsp3) is 0.280. The molecular formula is C25H25N5O3S. The summed E-state index contributed by atoms with van der Waals surface area (Å²) < 4.78 is 7.91. The molecular weight excluding hydrogens is 450 g/mol. The Morgan fingerprint density at radius 1 is 1.21 bits per heavy atom. The standard InChI is InChI=1S/C25H25N5O3S/c1-15-11-22(30(28-15)25-26-20-10-9-19(33-3)13-21(20)34-25)27-24(32)18-12-23(31)29(14-18)16(2)17-7-5-4-6-8-17/h4-11,13,16,18H,12,14H2,1-3H3,(H,27,32). The minimum Gasteiger partial charge on any atom is -0.497 e. The normalized spacial score (nSPS) is 16.7. The van der Waals surface area contributed by atoms with Crippen molar-refractivity contribution < 1.29 is 14.3 Å². The van der Waals surface area contributed by atoms with Gasteiger partial charge in [-0.05, 0) is 37.6 Å². The number of likely N-dealkylation sites (tertiary alicyclic amines) is 1. The Kier molecular flexibility index (Phi) is 5.79. The number of thiazole rings is 1. The van der Waals surface area contributed by atoms with E-state index in [1.54, 1.807) is 16.7 Å². The number of ether oxygens (including phenoxy) is 1. The minimum absolute atomic E-state index is 0.0127. The average molecular weight is 476 g/mol. The Labute approximate surface area is 201 Å². The van der Waals surface area contributed by atoms with Gasteiger partial charge in [0.2, 0.25) is 16.9 Å². The number of rotatable bonds is 6. The number of aromatic nitrogens is 3. The fourth-order valence-corrected chi connectivity index (χ4v) is 5.23. The molecule has 8 nitrogen and oxygen atoms in total. The first-order chi connectivity index (χ1) is 16.4. The first kappa shape index (κ1) is 22.1. The van der Waals surface area contributed by atoms with Crippen molar-refractivity contribution in [1.82, 2.24) is 19.7 Å². The maximum Gasteiger partial charge on any atom is 0.230 e. The number of nitrogens with one attached hydrogen (secondary N) is 1. The minimum atomic E-state index is -0.429. The van der Waals surface area contributed by atoms with Crippen LogP contribution in [0.15, 0.2) is 54.6 Å². The first-order valence-electron chi connectivity index (χ1n) is 11.1. The molecule has 0 radical (unpaired) electrons. The number of aryl methyl sites for hydroxylation is 1. The summed E-state index contributed by atoms with van der Waals surface area (Å²) in [4.78, 5) is 32.3. The molecule has 5 rings (SSSR count). The Bertz CT molecular complexity index is 1360. The second kappa shape index (κ2) is 8.90. The number of carbonyl (C=O) groups is 2. The summed E-state index contributed by atoms with van der Waals surface area (Å²) in [5, 5.41) is 8.17. The van der Waals surface area contributed by atoms with Gasteiger partial charge in [0.25, 0.3) is 0 Å². The summed E-state index contributed by atoms with van der Waals surface area (Å²) in [6, 6.07) is 17.3. The maximum atomic E-state index is 13.1. The van der Waals surface area contributed by atoms with Crippen LogP contribution < -0.4 is 10.1 Å². The van der Waals surface area contributed by atoms with Gasteiger partial charge in [-0.25, -0.2) is 4.98 Å². The van der Waals surface area contributed by atoms with Crippen molar-refractivity contribution in [2.24, 2.45) is 5.92 Å². The summed E-state index contributed by atoms with van der Waals surface area (Å²) in [5.74, 6) is 0.659. The number of carbonyl (C=O) groups excluding carboxylic acids is 2. The molecule has 4 aromatic rings. The molecule has 2 unspecified atom stereocenters. The third kappa shape index (κ3) is 4.14. The van der Waals surface area contributed by atoms with Crippen LogP contribution in [-0.4, -0.2) is 45.1 Å². The highest BCUT2D eigenvalue weighted by Crippen LogP contribution is 2.32. The SMILES string of the molecule is COc1ccc2nc(-n3nc(C)cc3NC(=O)C3CC(=O)N(C(C)c4ccccc4)C3)sc2c1. The molecule has 1 N–H and O–H groups in total. The van der Waals surface area contributed by atoms with Crippen LogP contribution in [0.3, 0.4) is 0 Å². The molecule has 174 valence electrons. The van der Waals surface area contributed by atoms with Gasteiger partial charge in [0, 0.05) is 19.0 Å². The van der Waals surface area contributed by atoms with E-state index in [0.717, 1.165) is 27.2 Å². The van der Waals surface area contributed by atoms with E-state index in [9.17, 15) is 9.59 Å². The third-order valence-electron chi connectivity index (χ3n) is 6.13. The predicted octanol–water partition coefficient (Wildman–Crippen LogP) is 4.35. The fourth-order valence-electron chi connectivity index (χ4n) is 4.27. The molecule has 9 heteroatoms. The lowest BCUT2D eigenvalue weighted by Gasteiger charge is -2.25.